The zero-order valence-electron chi connectivity index (χ0n) is 9.97. The summed E-state index contributed by atoms with van der Waals surface area (Å²) in [4.78, 5) is 10.7. The average molecular weight is 232 g/mol. The van der Waals surface area contributed by atoms with Crippen LogP contribution >= 0.6 is 0 Å². The minimum atomic E-state index is -0.964. The van der Waals surface area contributed by atoms with Crippen LogP contribution in [-0.4, -0.2) is 21.7 Å². The molecule has 0 amide bonds. The van der Waals surface area contributed by atoms with Crippen molar-refractivity contribution >= 4 is 16.9 Å². The van der Waals surface area contributed by atoms with Crippen LogP contribution in [0.5, 0.6) is 0 Å². The van der Waals surface area contributed by atoms with Crippen molar-refractivity contribution in [1.29, 1.82) is 0 Å². The van der Waals surface area contributed by atoms with Crippen molar-refractivity contribution in [1.82, 2.24) is 4.57 Å². The molecule has 1 aromatic carbocycles. The third-order valence-corrected chi connectivity index (χ3v) is 3.12. The molecule has 1 atom stereocenters. The molecule has 0 spiro atoms. The van der Waals surface area contributed by atoms with Crippen molar-refractivity contribution in [3.63, 3.8) is 0 Å². The van der Waals surface area contributed by atoms with Crippen molar-refractivity contribution in [2.75, 3.05) is 0 Å². The Morgan fingerprint density at radius 2 is 2.18 bits per heavy atom. The molecular weight excluding hydrogens is 216 g/mol. The van der Waals surface area contributed by atoms with Gasteiger partial charge in [0.25, 0.3) is 0 Å². The Kier molecular flexibility index (Phi) is 2.90. The maximum atomic E-state index is 10.7. The molecule has 0 bridgehead atoms. The fraction of sp³-hybridized carbons (Fsp3) is 0.308. The van der Waals surface area contributed by atoms with E-state index in [1.165, 1.54) is 5.69 Å². The molecule has 0 radical (unpaired) electrons. The summed E-state index contributed by atoms with van der Waals surface area (Å²) in [7, 11) is 2.01. The molecule has 1 aromatic heterocycles. The lowest BCUT2D eigenvalue weighted by Gasteiger charge is -2.06. The van der Waals surface area contributed by atoms with E-state index in [0.29, 0.717) is 6.42 Å². The lowest BCUT2D eigenvalue weighted by Crippen LogP contribution is -2.32. The first-order valence-electron chi connectivity index (χ1n) is 5.52. The number of hydrogen-bond acceptors (Lipinski definition) is 2. The highest BCUT2D eigenvalue weighted by Crippen LogP contribution is 2.20. The van der Waals surface area contributed by atoms with E-state index in [4.69, 9.17) is 10.8 Å². The molecule has 0 saturated heterocycles. The third-order valence-electron chi connectivity index (χ3n) is 3.12. The fourth-order valence-electron chi connectivity index (χ4n) is 2.01. The molecule has 2 aromatic rings. The number of aryl methyl sites for hydroxylation is 2. The minimum absolute atomic E-state index is 0.360. The summed E-state index contributed by atoms with van der Waals surface area (Å²) in [5.41, 5.74) is 8.81. The number of carbonyl (C=O) groups is 1. The van der Waals surface area contributed by atoms with E-state index in [1.807, 2.05) is 32.2 Å². The lowest BCUT2D eigenvalue weighted by molar-refractivity contribution is -0.138. The van der Waals surface area contributed by atoms with E-state index in [2.05, 4.69) is 10.6 Å². The largest absolute Gasteiger partial charge is 0.480 e. The lowest BCUT2D eigenvalue weighted by atomic mass is 10.0. The van der Waals surface area contributed by atoms with Crippen molar-refractivity contribution in [3.8, 4) is 0 Å². The number of hydrogen-bond donors (Lipinski definition) is 2. The van der Waals surface area contributed by atoms with E-state index in [-0.39, 0.29) is 0 Å². The summed E-state index contributed by atoms with van der Waals surface area (Å²) in [6.07, 6.45) is 0.360. The Hall–Kier alpha value is -1.81. The summed E-state index contributed by atoms with van der Waals surface area (Å²) < 4.78 is 2.11. The molecule has 0 aliphatic heterocycles. The van der Waals surface area contributed by atoms with Gasteiger partial charge in [-0.3, -0.25) is 4.79 Å². The first-order valence-corrected chi connectivity index (χ1v) is 5.52. The summed E-state index contributed by atoms with van der Waals surface area (Å²) in [6.45, 7) is 2.04. The first-order chi connectivity index (χ1) is 7.99. The number of rotatable bonds is 3. The van der Waals surface area contributed by atoms with Gasteiger partial charge in [0.2, 0.25) is 0 Å². The zero-order chi connectivity index (χ0) is 12.6. The number of nitrogens with zero attached hydrogens (tertiary/aromatic N) is 1. The highest BCUT2D eigenvalue weighted by Gasteiger charge is 2.12. The van der Waals surface area contributed by atoms with Crippen LogP contribution in [0.3, 0.4) is 0 Å². The van der Waals surface area contributed by atoms with E-state index in [0.717, 1.165) is 16.5 Å². The molecule has 0 fully saturated rings. The number of carboxylic acids is 1. The number of nitrogens with two attached hydrogens (primary N) is 1. The van der Waals surface area contributed by atoms with Crippen LogP contribution < -0.4 is 5.73 Å². The van der Waals surface area contributed by atoms with Crippen molar-refractivity contribution < 1.29 is 9.90 Å². The molecule has 0 aliphatic rings. The SMILES string of the molecule is Cc1cc2cc(CC(N)C(=O)O)ccc2n1C. The molecule has 4 nitrogen and oxygen atoms in total. The van der Waals surface area contributed by atoms with Crippen LogP contribution in [0.4, 0.5) is 0 Å². The number of carboxylic acid groups (broad SMARTS) is 1. The number of aliphatic carboxylic acids is 1. The van der Waals surface area contributed by atoms with Crippen LogP contribution in [0, 0.1) is 6.92 Å². The Balaban J connectivity index is 2.35. The van der Waals surface area contributed by atoms with E-state index in [9.17, 15) is 4.79 Å². The highest BCUT2D eigenvalue weighted by molar-refractivity contribution is 5.82. The molecule has 90 valence electrons. The van der Waals surface area contributed by atoms with Gasteiger partial charge in [0.05, 0.1) is 0 Å². The van der Waals surface area contributed by atoms with E-state index >= 15 is 0 Å². The van der Waals surface area contributed by atoms with Gasteiger partial charge in [0.1, 0.15) is 6.04 Å². The average Bonchev–Trinajstić information content (AvgIpc) is 2.54. The molecule has 1 heterocycles. The van der Waals surface area contributed by atoms with Crippen LogP contribution in [0.25, 0.3) is 10.9 Å². The van der Waals surface area contributed by atoms with Crippen LogP contribution in [0.1, 0.15) is 11.3 Å². The molecule has 4 heteroatoms. The molecule has 0 aliphatic carbocycles. The molecule has 2 rings (SSSR count). The molecule has 1 unspecified atom stereocenters. The zero-order valence-corrected chi connectivity index (χ0v) is 9.97. The van der Waals surface area contributed by atoms with Crippen molar-refractivity contribution in [2.45, 2.75) is 19.4 Å². The topological polar surface area (TPSA) is 68.2 Å². The standard InChI is InChI=1S/C13H16N2O2/c1-8-5-10-6-9(7-11(14)13(16)17)3-4-12(10)15(8)2/h3-6,11H,7,14H2,1-2H3,(H,16,17). The predicted molar refractivity (Wildman–Crippen MR) is 67.0 cm³/mol. The molecule has 0 saturated carbocycles. The second-order valence-corrected chi connectivity index (χ2v) is 4.39. The maximum Gasteiger partial charge on any atom is 0.320 e. The predicted octanol–water partition coefficient (Wildman–Crippen LogP) is 1.44. The van der Waals surface area contributed by atoms with Gasteiger partial charge in [0, 0.05) is 23.6 Å². The van der Waals surface area contributed by atoms with Crippen LogP contribution in [0.15, 0.2) is 24.3 Å². The molecule has 17 heavy (non-hydrogen) atoms. The second-order valence-electron chi connectivity index (χ2n) is 4.39. The summed E-state index contributed by atoms with van der Waals surface area (Å²) in [5.74, 6) is -0.964. The number of benzene rings is 1. The Morgan fingerprint density at radius 1 is 1.47 bits per heavy atom. The van der Waals surface area contributed by atoms with Gasteiger partial charge >= 0.3 is 5.97 Å². The Bertz CT molecular complexity index is 572. The minimum Gasteiger partial charge on any atom is -0.480 e. The van der Waals surface area contributed by atoms with Gasteiger partial charge in [0.15, 0.2) is 0 Å². The van der Waals surface area contributed by atoms with Gasteiger partial charge < -0.3 is 15.4 Å². The van der Waals surface area contributed by atoms with E-state index in [1.54, 1.807) is 0 Å². The first kappa shape index (κ1) is 11.7. The van der Waals surface area contributed by atoms with Gasteiger partial charge in [-0.2, -0.15) is 0 Å². The summed E-state index contributed by atoms with van der Waals surface area (Å²) in [5, 5.41) is 9.90. The second kappa shape index (κ2) is 4.22. The quantitative estimate of drug-likeness (QED) is 0.841. The van der Waals surface area contributed by atoms with Gasteiger partial charge in [-0.1, -0.05) is 6.07 Å². The van der Waals surface area contributed by atoms with Gasteiger partial charge in [-0.25, -0.2) is 0 Å². The Labute approximate surface area is 99.7 Å². The summed E-state index contributed by atoms with van der Waals surface area (Å²) >= 11 is 0. The summed E-state index contributed by atoms with van der Waals surface area (Å²) in [6, 6.07) is 7.20. The Morgan fingerprint density at radius 3 is 2.82 bits per heavy atom. The van der Waals surface area contributed by atoms with E-state index < -0.39 is 12.0 Å². The molecular formula is C13H16N2O2. The third kappa shape index (κ3) is 2.17. The highest BCUT2D eigenvalue weighted by atomic mass is 16.4. The van der Waals surface area contributed by atoms with Crippen molar-refractivity contribution in [2.24, 2.45) is 12.8 Å². The van der Waals surface area contributed by atoms with Crippen molar-refractivity contribution in [3.05, 3.63) is 35.5 Å². The number of fused-ring (bicyclic) bond motifs is 1. The van der Waals surface area contributed by atoms with Gasteiger partial charge in [-0.05, 0) is 37.1 Å². The van der Waals surface area contributed by atoms with Crippen LogP contribution in [0.2, 0.25) is 0 Å². The monoisotopic (exact) mass is 232 g/mol. The van der Waals surface area contributed by atoms with Crippen LogP contribution in [-0.2, 0) is 18.3 Å². The maximum absolute atomic E-state index is 10.7. The number of aromatic nitrogens is 1. The fourth-order valence-corrected chi connectivity index (χ4v) is 2.01. The molecule has 3 N–H and O–H groups in total. The van der Waals surface area contributed by atoms with Gasteiger partial charge in [-0.15, -0.1) is 0 Å². The smallest absolute Gasteiger partial charge is 0.320 e. The normalized spacial score (nSPS) is 12.9.